The monoisotopic (exact) mass is 302 g/mol. The Bertz CT molecular complexity index is 542. The van der Waals surface area contributed by atoms with E-state index in [0.717, 1.165) is 24.9 Å². The Labute approximate surface area is 132 Å². The molecule has 2 amide bonds. The Balaban J connectivity index is 1.78. The van der Waals surface area contributed by atoms with Crippen molar-refractivity contribution in [2.75, 3.05) is 13.6 Å². The Kier molecular flexibility index (Phi) is 5.58. The molecular weight excluding hydrogens is 276 g/mol. The van der Waals surface area contributed by atoms with Crippen LogP contribution in [-0.4, -0.2) is 30.3 Å². The number of hydrogen-bond acceptors (Lipinski definition) is 2. The molecule has 0 spiro atoms. The van der Waals surface area contributed by atoms with Crippen molar-refractivity contribution < 1.29 is 9.59 Å². The maximum absolute atomic E-state index is 12.2. The van der Waals surface area contributed by atoms with Crippen LogP contribution >= 0.6 is 0 Å². The Morgan fingerprint density at radius 3 is 2.68 bits per heavy atom. The van der Waals surface area contributed by atoms with Crippen LogP contribution in [0, 0.1) is 18.8 Å². The minimum atomic E-state index is -0.138. The highest BCUT2D eigenvalue weighted by atomic mass is 16.2. The van der Waals surface area contributed by atoms with Gasteiger partial charge in [0.05, 0.1) is 11.8 Å². The molecule has 0 heterocycles. The SMILES string of the molecule is CCCCN(C)C(=O)C1CC1C(=O)NCc1ccccc1C. The van der Waals surface area contributed by atoms with Gasteiger partial charge in [-0.2, -0.15) is 0 Å². The van der Waals surface area contributed by atoms with Crippen LogP contribution in [0.5, 0.6) is 0 Å². The first kappa shape index (κ1) is 16.5. The Morgan fingerprint density at radius 2 is 2.00 bits per heavy atom. The molecule has 1 aliphatic carbocycles. The topological polar surface area (TPSA) is 49.4 Å². The Morgan fingerprint density at radius 1 is 1.27 bits per heavy atom. The first-order valence-corrected chi connectivity index (χ1v) is 8.11. The van der Waals surface area contributed by atoms with Gasteiger partial charge in [-0.25, -0.2) is 0 Å². The van der Waals surface area contributed by atoms with E-state index in [0.29, 0.717) is 13.0 Å². The fourth-order valence-corrected chi connectivity index (χ4v) is 2.67. The zero-order chi connectivity index (χ0) is 16.1. The van der Waals surface area contributed by atoms with Crippen molar-refractivity contribution in [3.05, 3.63) is 35.4 Å². The molecule has 22 heavy (non-hydrogen) atoms. The molecule has 0 aliphatic heterocycles. The summed E-state index contributed by atoms with van der Waals surface area (Å²) < 4.78 is 0. The second-order valence-electron chi connectivity index (χ2n) is 6.21. The predicted octanol–water partition coefficient (Wildman–Crippen LogP) is 2.51. The van der Waals surface area contributed by atoms with Crippen LogP contribution in [0.15, 0.2) is 24.3 Å². The van der Waals surface area contributed by atoms with Crippen LogP contribution < -0.4 is 5.32 Å². The van der Waals surface area contributed by atoms with Crippen LogP contribution in [-0.2, 0) is 16.1 Å². The van der Waals surface area contributed by atoms with Gasteiger partial charge in [0.25, 0.3) is 0 Å². The lowest BCUT2D eigenvalue weighted by Crippen LogP contribution is -2.32. The number of carbonyl (C=O) groups is 2. The normalized spacial score (nSPS) is 19.6. The number of aryl methyl sites for hydroxylation is 1. The van der Waals surface area contributed by atoms with E-state index in [1.54, 1.807) is 4.90 Å². The maximum Gasteiger partial charge on any atom is 0.226 e. The molecule has 1 saturated carbocycles. The fourth-order valence-electron chi connectivity index (χ4n) is 2.67. The molecule has 0 aromatic heterocycles. The van der Waals surface area contributed by atoms with Gasteiger partial charge in [0.1, 0.15) is 0 Å². The summed E-state index contributed by atoms with van der Waals surface area (Å²) in [7, 11) is 1.83. The molecule has 1 fully saturated rings. The summed E-state index contributed by atoms with van der Waals surface area (Å²) in [4.78, 5) is 26.1. The molecule has 2 unspecified atom stereocenters. The van der Waals surface area contributed by atoms with E-state index >= 15 is 0 Å². The predicted molar refractivity (Wildman–Crippen MR) is 87.2 cm³/mol. The number of nitrogens with zero attached hydrogens (tertiary/aromatic N) is 1. The number of unbranched alkanes of at least 4 members (excludes halogenated alkanes) is 1. The lowest BCUT2D eigenvalue weighted by atomic mass is 10.1. The van der Waals surface area contributed by atoms with Crippen LogP contribution in [0.4, 0.5) is 0 Å². The first-order chi connectivity index (χ1) is 10.5. The average molecular weight is 302 g/mol. The molecule has 1 aromatic rings. The summed E-state index contributed by atoms with van der Waals surface area (Å²) in [5.74, 6) is -0.130. The zero-order valence-corrected chi connectivity index (χ0v) is 13.8. The van der Waals surface area contributed by atoms with Gasteiger partial charge in [0.15, 0.2) is 0 Å². The molecule has 0 saturated heterocycles. The minimum Gasteiger partial charge on any atom is -0.352 e. The van der Waals surface area contributed by atoms with E-state index in [4.69, 9.17) is 0 Å². The standard InChI is InChI=1S/C18H26N2O2/c1-4-5-10-20(3)18(22)16-11-15(16)17(21)19-12-14-9-7-6-8-13(14)2/h6-9,15-16H,4-5,10-12H2,1-3H3,(H,19,21). The quantitative estimate of drug-likeness (QED) is 0.841. The molecule has 1 aromatic carbocycles. The number of benzene rings is 1. The van der Waals surface area contributed by atoms with Crippen molar-refractivity contribution in [3.8, 4) is 0 Å². The smallest absolute Gasteiger partial charge is 0.226 e. The van der Waals surface area contributed by atoms with Gasteiger partial charge in [-0.3, -0.25) is 9.59 Å². The molecular formula is C18H26N2O2. The van der Waals surface area contributed by atoms with E-state index in [-0.39, 0.29) is 23.7 Å². The molecule has 1 N–H and O–H groups in total. The molecule has 120 valence electrons. The third-order valence-corrected chi connectivity index (χ3v) is 4.38. The van der Waals surface area contributed by atoms with E-state index in [9.17, 15) is 9.59 Å². The van der Waals surface area contributed by atoms with Gasteiger partial charge in [-0.15, -0.1) is 0 Å². The van der Waals surface area contributed by atoms with E-state index in [2.05, 4.69) is 12.2 Å². The largest absolute Gasteiger partial charge is 0.352 e. The molecule has 2 atom stereocenters. The maximum atomic E-state index is 12.2. The third-order valence-electron chi connectivity index (χ3n) is 4.38. The molecule has 4 heteroatoms. The number of nitrogens with one attached hydrogen (secondary N) is 1. The highest BCUT2D eigenvalue weighted by Gasteiger charge is 2.48. The van der Waals surface area contributed by atoms with E-state index in [1.165, 1.54) is 5.56 Å². The van der Waals surface area contributed by atoms with Gasteiger partial charge < -0.3 is 10.2 Å². The highest BCUT2D eigenvalue weighted by molar-refractivity contribution is 5.92. The molecule has 2 rings (SSSR count). The summed E-state index contributed by atoms with van der Waals surface area (Å²) in [5, 5.41) is 2.96. The summed E-state index contributed by atoms with van der Waals surface area (Å²) in [6.45, 7) is 5.46. The minimum absolute atomic E-state index is 0.00509. The lowest BCUT2D eigenvalue weighted by molar-refractivity contribution is -0.133. The van der Waals surface area contributed by atoms with Crippen molar-refractivity contribution in [2.45, 2.75) is 39.7 Å². The van der Waals surface area contributed by atoms with Crippen LogP contribution in [0.3, 0.4) is 0 Å². The van der Waals surface area contributed by atoms with Crippen molar-refractivity contribution in [1.82, 2.24) is 10.2 Å². The van der Waals surface area contributed by atoms with Crippen LogP contribution in [0.25, 0.3) is 0 Å². The highest BCUT2D eigenvalue weighted by Crippen LogP contribution is 2.40. The van der Waals surface area contributed by atoms with Gasteiger partial charge >= 0.3 is 0 Å². The number of carbonyl (C=O) groups excluding carboxylic acids is 2. The summed E-state index contributed by atoms with van der Waals surface area (Å²) in [6, 6.07) is 8.01. The third kappa shape index (κ3) is 4.09. The molecule has 1 aliphatic rings. The van der Waals surface area contributed by atoms with Gasteiger partial charge in [-0.05, 0) is 30.9 Å². The number of amides is 2. The summed E-state index contributed by atoms with van der Waals surface area (Å²) >= 11 is 0. The average Bonchev–Trinajstić information content (AvgIpc) is 3.31. The van der Waals surface area contributed by atoms with Crippen molar-refractivity contribution in [2.24, 2.45) is 11.8 Å². The van der Waals surface area contributed by atoms with Crippen LogP contribution in [0.2, 0.25) is 0 Å². The lowest BCUT2D eigenvalue weighted by Gasteiger charge is -2.16. The van der Waals surface area contributed by atoms with Crippen molar-refractivity contribution >= 4 is 11.8 Å². The molecule has 4 nitrogen and oxygen atoms in total. The number of rotatable bonds is 7. The molecule has 0 bridgehead atoms. The van der Waals surface area contributed by atoms with Crippen molar-refractivity contribution in [1.29, 1.82) is 0 Å². The van der Waals surface area contributed by atoms with Crippen molar-refractivity contribution in [3.63, 3.8) is 0 Å². The number of hydrogen-bond donors (Lipinski definition) is 1. The zero-order valence-electron chi connectivity index (χ0n) is 13.8. The van der Waals surface area contributed by atoms with Gasteiger partial charge in [0, 0.05) is 20.1 Å². The summed E-state index contributed by atoms with van der Waals surface area (Å²) in [5.41, 5.74) is 2.30. The summed E-state index contributed by atoms with van der Waals surface area (Å²) in [6.07, 6.45) is 2.77. The van der Waals surface area contributed by atoms with E-state index in [1.807, 2.05) is 38.2 Å². The second kappa shape index (κ2) is 7.43. The second-order valence-corrected chi connectivity index (χ2v) is 6.21. The van der Waals surface area contributed by atoms with Crippen LogP contribution in [0.1, 0.15) is 37.3 Å². The Hall–Kier alpha value is -1.84. The van der Waals surface area contributed by atoms with Gasteiger partial charge in [0.2, 0.25) is 11.8 Å². The van der Waals surface area contributed by atoms with Gasteiger partial charge in [-0.1, -0.05) is 37.6 Å². The van der Waals surface area contributed by atoms with E-state index < -0.39 is 0 Å². The molecule has 0 radical (unpaired) electrons. The fraction of sp³-hybridized carbons (Fsp3) is 0.556. The first-order valence-electron chi connectivity index (χ1n) is 8.11.